The van der Waals surface area contributed by atoms with Gasteiger partial charge < -0.3 is 15.1 Å². The fraction of sp³-hybridized carbons (Fsp3) is 0.381. The molecule has 6 nitrogen and oxygen atoms in total. The highest BCUT2D eigenvalue weighted by Crippen LogP contribution is 2.28. The van der Waals surface area contributed by atoms with Crippen LogP contribution in [0.15, 0.2) is 48.8 Å². The summed E-state index contributed by atoms with van der Waals surface area (Å²) in [5, 5.41) is 3.36. The molecule has 3 heterocycles. The molecule has 0 bridgehead atoms. The quantitative estimate of drug-likeness (QED) is 0.900. The van der Waals surface area contributed by atoms with Crippen molar-refractivity contribution >= 4 is 17.5 Å². The second-order valence-corrected chi connectivity index (χ2v) is 7.02. The van der Waals surface area contributed by atoms with E-state index in [1.165, 1.54) is 5.56 Å². The van der Waals surface area contributed by atoms with Crippen LogP contribution in [0.4, 0.5) is 5.69 Å². The van der Waals surface area contributed by atoms with E-state index in [0.717, 1.165) is 30.8 Å². The number of anilines is 1. The Kier molecular flexibility index (Phi) is 5.16. The van der Waals surface area contributed by atoms with E-state index in [1.807, 2.05) is 41.4 Å². The van der Waals surface area contributed by atoms with Crippen molar-refractivity contribution in [3.05, 3.63) is 59.9 Å². The Morgan fingerprint density at radius 2 is 2.07 bits per heavy atom. The van der Waals surface area contributed by atoms with Crippen molar-refractivity contribution in [2.75, 3.05) is 31.1 Å². The Morgan fingerprint density at radius 3 is 2.93 bits per heavy atom. The summed E-state index contributed by atoms with van der Waals surface area (Å²) in [6, 6.07) is 11.9. The van der Waals surface area contributed by atoms with Gasteiger partial charge in [0.25, 0.3) is 0 Å². The summed E-state index contributed by atoms with van der Waals surface area (Å²) in [6.45, 7) is 2.61. The zero-order valence-corrected chi connectivity index (χ0v) is 15.3. The van der Waals surface area contributed by atoms with Gasteiger partial charge in [0.2, 0.25) is 11.8 Å². The van der Waals surface area contributed by atoms with Gasteiger partial charge in [-0.05, 0) is 29.7 Å². The number of hydrogen-bond donors (Lipinski definition) is 1. The smallest absolute Gasteiger partial charge is 0.227 e. The van der Waals surface area contributed by atoms with Gasteiger partial charge in [-0.2, -0.15) is 0 Å². The van der Waals surface area contributed by atoms with E-state index in [2.05, 4.69) is 16.4 Å². The summed E-state index contributed by atoms with van der Waals surface area (Å²) in [6.07, 6.45) is 5.18. The third-order valence-electron chi connectivity index (χ3n) is 5.37. The second kappa shape index (κ2) is 7.88. The topological polar surface area (TPSA) is 65.5 Å². The molecule has 2 aliphatic rings. The van der Waals surface area contributed by atoms with Gasteiger partial charge in [-0.3, -0.25) is 14.6 Å². The predicted octanol–water partition coefficient (Wildman–Crippen LogP) is 1.92. The molecule has 2 amide bonds. The van der Waals surface area contributed by atoms with E-state index in [4.69, 9.17) is 0 Å². The molecular formula is C21H24N4O2. The van der Waals surface area contributed by atoms with Gasteiger partial charge in [0, 0.05) is 57.1 Å². The summed E-state index contributed by atoms with van der Waals surface area (Å²) in [7, 11) is 0. The number of hydrogen-bond acceptors (Lipinski definition) is 4. The van der Waals surface area contributed by atoms with Crippen molar-refractivity contribution in [2.24, 2.45) is 0 Å². The lowest BCUT2D eigenvalue weighted by molar-refractivity contribution is -0.134. The Labute approximate surface area is 159 Å². The normalized spacial score (nSPS) is 19.7. The minimum absolute atomic E-state index is 0.00991. The number of nitrogens with one attached hydrogen (secondary N) is 1. The number of fused-ring (bicyclic) bond motifs is 1. The molecule has 1 unspecified atom stereocenters. The van der Waals surface area contributed by atoms with E-state index in [1.54, 1.807) is 11.1 Å². The van der Waals surface area contributed by atoms with Crippen LogP contribution in [0.25, 0.3) is 0 Å². The standard InChI is InChI=1S/C21H24N4O2/c26-20-8-7-16-4-1-2-6-18(16)24(20)12-9-21(27)25-13-11-23-15-19(25)17-5-3-10-22-14-17/h1-6,10,14,19,23H,7-9,11-13,15H2. The molecule has 0 radical (unpaired) electrons. The van der Waals surface area contributed by atoms with Crippen LogP contribution in [0.5, 0.6) is 0 Å². The number of aryl methyl sites for hydroxylation is 1. The molecule has 1 saturated heterocycles. The third kappa shape index (κ3) is 3.71. The Hall–Kier alpha value is -2.73. The zero-order valence-electron chi connectivity index (χ0n) is 15.3. The lowest BCUT2D eigenvalue weighted by Crippen LogP contribution is -2.49. The Bertz CT molecular complexity index is 824. The maximum Gasteiger partial charge on any atom is 0.227 e. The van der Waals surface area contributed by atoms with Gasteiger partial charge in [-0.25, -0.2) is 0 Å². The first-order chi connectivity index (χ1) is 13.2. The van der Waals surface area contributed by atoms with E-state index in [-0.39, 0.29) is 17.9 Å². The van der Waals surface area contributed by atoms with Crippen LogP contribution >= 0.6 is 0 Å². The summed E-state index contributed by atoms with van der Waals surface area (Å²) in [5.74, 6) is 0.187. The predicted molar refractivity (Wildman–Crippen MR) is 103 cm³/mol. The molecule has 140 valence electrons. The Morgan fingerprint density at radius 1 is 1.19 bits per heavy atom. The molecule has 1 aromatic carbocycles. The van der Waals surface area contributed by atoms with E-state index < -0.39 is 0 Å². The summed E-state index contributed by atoms with van der Waals surface area (Å²) >= 11 is 0. The lowest BCUT2D eigenvalue weighted by atomic mass is 10.0. The fourth-order valence-electron chi connectivity index (χ4n) is 3.97. The summed E-state index contributed by atoms with van der Waals surface area (Å²) in [4.78, 5) is 33.3. The number of benzene rings is 1. The molecule has 0 spiro atoms. The molecule has 1 aromatic heterocycles. The molecule has 27 heavy (non-hydrogen) atoms. The van der Waals surface area contributed by atoms with Crippen molar-refractivity contribution in [3.8, 4) is 0 Å². The Balaban J connectivity index is 1.46. The molecule has 2 aliphatic heterocycles. The highest BCUT2D eigenvalue weighted by atomic mass is 16.2. The molecule has 4 rings (SSSR count). The van der Waals surface area contributed by atoms with Crippen molar-refractivity contribution in [3.63, 3.8) is 0 Å². The number of para-hydroxylation sites is 1. The number of carbonyl (C=O) groups is 2. The SMILES string of the molecule is O=C1CCc2ccccc2N1CCC(=O)N1CCNCC1c1cccnc1. The molecule has 0 aliphatic carbocycles. The van der Waals surface area contributed by atoms with Gasteiger partial charge >= 0.3 is 0 Å². The van der Waals surface area contributed by atoms with Crippen LogP contribution < -0.4 is 10.2 Å². The average molecular weight is 364 g/mol. The number of carbonyl (C=O) groups excluding carboxylic acids is 2. The monoisotopic (exact) mass is 364 g/mol. The van der Waals surface area contributed by atoms with E-state index in [0.29, 0.717) is 25.9 Å². The van der Waals surface area contributed by atoms with Gasteiger partial charge in [-0.1, -0.05) is 24.3 Å². The molecule has 0 saturated carbocycles. The number of amides is 2. The number of pyridine rings is 1. The van der Waals surface area contributed by atoms with Crippen LogP contribution in [0, 0.1) is 0 Å². The minimum atomic E-state index is -0.00991. The molecule has 1 fully saturated rings. The number of aromatic nitrogens is 1. The van der Waals surface area contributed by atoms with Crippen molar-refractivity contribution in [2.45, 2.75) is 25.3 Å². The number of nitrogens with zero attached hydrogens (tertiary/aromatic N) is 3. The molecule has 2 aromatic rings. The van der Waals surface area contributed by atoms with Crippen molar-refractivity contribution < 1.29 is 9.59 Å². The summed E-state index contributed by atoms with van der Waals surface area (Å²) in [5.41, 5.74) is 3.17. The number of rotatable bonds is 4. The first-order valence-electron chi connectivity index (χ1n) is 9.52. The van der Waals surface area contributed by atoms with Crippen LogP contribution in [0.3, 0.4) is 0 Å². The lowest BCUT2D eigenvalue weighted by Gasteiger charge is -2.37. The molecular weight excluding hydrogens is 340 g/mol. The van der Waals surface area contributed by atoms with Gasteiger partial charge in [-0.15, -0.1) is 0 Å². The maximum absolute atomic E-state index is 13.0. The number of piperazine rings is 1. The van der Waals surface area contributed by atoms with Crippen molar-refractivity contribution in [1.29, 1.82) is 0 Å². The van der Waals surface area contributed by atoms with Gasteiger partial charge in [0.15, 0.2) is 0 Å². The zero-order chi connectivity index (χ0) is 18.6. The third-order valence-corrected chi connectivity index (χ3v) is 5.37. The highest BCUT2D eigenvalue weighted by Gasteiger charge is 2.29. The largest absolute Gasteiger partial charge is 0.333 e. The highest BCUT2D eigenvalue weighted by molar-refractivity contribution is 5.97. The molecule has 1 atom stereocenters. The van der Waals surface area contributed by atoms with Crippen LogP contribution in [-0.4, -0.2) is 47.9 Å². The maximum atomic E-state index is 13.0. The molecule has 6 heteroatoms. The summed E-state index contributed by atoms with van der Waals surface area (Å²) < 4.78 is 0. The first-order valence-corrected chi connectivity index (χ1v) is 9.52. The first kappa shape index (κ1) is 17.7. The van der Waals surface area contributed by atoms with E-state index in [9.17, 15) is 9.59 Å². The van der Waals surface area contributed by atoms with Crippen molar-refractivity contribution in [1.82, 2.24) is 15.2 Å². The molecule has 1 N–H and O–H groups in total. The second-order valence-electron chi connectivity index (χ2n) is 7.02. The van der Waals surface area contributed by atoms with Crippen LogP contribution in [-0.2, 0) is 16.0 Å². The minimum Gasteiger partial charge on any atom is -0.333 e. The van der Waals surface area contributed by atoms with Gasteiger partial charge in [0.05, 0.1) is 6.04 Å². The van der Waals surface area contributed by atoms with Crippen LogP contribution in [0.1, 0.15) is 30.0 Å². The fourth-order valence-corrected chi connectivity index (χ4v) is 3.97. The average Bonchev–Trinajstić information content (AvgIpc) is 2.73. The van der Waals surface area contributed by atoms with Gasteiger partial charge in [0.1, 0.15) is 0 Å². The van der Waals surface area contributed by atoms with Crippen LogP contribution in [0.2, 0.25) is 0 Å². The van der Waals surface area contributed by atoms with E-state index >= 15 is 0 Å².